The van der Waals surface area contributed by atoms with Gasteiger partial charge in [0, 0.05) is 0 Å². The van der Waals surface area contributed by atoms with Gasteiger partial charge in [-0.3, -0.25) is 0 Å². The summed E-state index contributed by atoms with van der Waals surface area (Å²) in [5.74, 6) is -4.01. The number of rotatable bonds is 0. The minimum absolute atomic E-state index is 0. The Labute approximate surface area is 116 Å². The van der Waals surface area contributed by atoms with Gasteiger partial charge in [0.1, 0.15) is 0 Å². The van der Waals surface area contributed by atoms with E-state index in [4.69, 9.17) is 19.8 Å². The summed E-state index contributed by atoms with van der Waals surface area (Å²) >= 11 is 0. The molecule has 0 fully saturated rings. The molecule has 0 radical (unpaired) electrons. The van der Waals surface area contributed by atoms with E-state index in [2.05, 4.69) is 0 Å². The molecule has 0 aliphatic rings. The smallest absolute Gasteiger partial charge is 0.870 e. The molecule has 42 valence electrons. The van der Waals surface area contributed by atoms with Gasteiger partial charge in [0.2, 0.25) is 0 Å². The predicted octanol–water partition coefficient (Wildman–Crippen LogP) is -8.35. The quantitative estimate of drug-likeness (QED) is 0.285. The van der Waals surface area contributed by atoms with E-state index in [9.17, 15) is 0 Å². The van der Waals surface area contributed by atoms with Crippen LogP contribution in [0.4, 0.5) is 0 Å². The molecule has 0 amide bonds. The maximum absolute atomic E-state index is 9.04. The first-order chi connectivity index (χ1) is 2.64. The molecule has 0 atom stereocenters. The predicted molar refractivity (Wildman–Crippen MR) is 14.6 cm³/mol. The van der Waals surface area contributed by atoms with Crippen molar-refractivity contribution in [1.82, 2.24) is 0 Å². The van der Waals surface area contributed by atoms with E-state index in [-0.39, 0.29) is 86.4 Å². The van der Waals surface area contributed by atoms with Gasteiger partial charge in [-0.2, -0.15) is 0 Å². The minimum Gasteiger partial charge on any atom is -0.870 e. The van der Waals surface area contributed by atoms with Crippen LogP contribution < -0.4 is 86.0 Å². The second-order valence-electron chi connectivity index (χ2n) is 0.593. The third kappa shape index (κ3) is 17.7. The minimum atomic E-state index is -2.07. The van der Waals surface area contributed by atoms with Crippen LogP contribution in [0.5, 0.6) is 0 Å². The van der Waals surface area contributed by atoms with Crippen molar-refractivity contribution in [3.8, 4) is 0 Å². The van der Waals surface area contributed by atoms with Crippen molar-refractivity contribution in [2.45, 2.75) is 0 Å². The van der Waals surface area contributed by atoms with Crippen LogP contribution in [0.2, 0.25) is 0 Å². The molecule has 2 N–H and O–H groups in total. The average Bonchev–Trinajstić information content (AvgIpc) is 1.36. The fourth-order valence-corrected chi connectivity index (χ4v) is 0. The van der Waals surface area contributed by atoms with E-state index in [1.807, 2.05) is 0 Å². The van der Waals surface area contributed by atoms with Crippen LogP contribution in [0.15, 0.2) is 0 Å². The van der Waals surface area contributed by atoms with Gasteiger partial charge in [0.05, 0.1) is 0 Å². The van der Waals surface area contributed by atoms with E-state index in [0.29, 0.717) is 0 Å². The Hall–Kier alpha value is 1.54. The van der Waals surface area contributed by atoms with Gasteiger partial charge >= 0.3 is 86.9 Å². The zero-order valence-electron chi connectivity index (χ0n) is 5.12. The van der Waals surface area contributed by atoms with Gasteiger partial charge in [-0.1, -0.05) is 0 Å². The zero-order valence-corrected chi connectivity index (χ0v) is 10.2. The maximum atomic E-state index is 9.04. The molecule has 0 saturated heterocycles. The van der Waals surface area contributed by atoms with E-state index >= 15 is 0 Å². The molecule has 0 rings (SSSR count). The van der Waals surface area contributed by atoms with E-state index in [1.165, 1.54) is 0 Å². The SMILES string of the molecule is O=C([O-])C(=O)O.[K+].[Na+].[OH-]. The van der Waals surface area contributed by atoms with Crippen LogP contribution >= 0.6 is 0 Å². The van der Waals surface area contributed by atoms with Crippen molar-refractivity contribution in [2.75, 3.05) is 0 Å². The zero-order chi connectivity index (χ0) is 5.15. The Bertz CT molecular complexity index is 81.0. The van der Waals surface area contributed by atoms with Crippen molar-refractivity contribution in [3.05, 3.63) is 0 Å². The van der Waals surface area contributed by atoms with Crippen LogP contribution in [0, 0.1) is 0 Å². The number of carboxylic acids is 2. The normalized spacial score (nSPS) is 4.89. The van der Waals surface area contributed by atoms with Gasteiger partial charge in [-0.15, -0.1) is 0 Å². The largest absolute Gasteiger partial charge is 1.00 e. The third-order valence-corrected chi connectivity index (χ3v) is 0.175. The maximum Gasteiger partial charge on any atom is 1.00 e. The van der Waals surface area contributed by atoms with Gasteiger partial charge in [-0.05, 0) is 0 Å². The van der Waals surface area contributed by atoms with E-state index in [1.54, 1.807) is 0 Å². The first kappa shape index (κ1) is 22.4. The Morgan fingerprint density at radius 3 is 1.44 bits per heavy atom. The van der Waals surface area contributed by atoms with Crippen LogP contribution in [0.25, 0.3) is 0 Å². The summed E-state index contributed by atoms with van der Waals surface area (Å²) in [6, 6.07) is 0. The Balaban J connectivity index is -0.0000000417. The van der Waals surface area contributed by atoms with Crippen molar-refractivity contribution >= 4 is 11.9 Å². The molecule has 0 aromatic carbocycles. The van der Waals surface area contributed by atoms with Crippen LogP contribution in [-0.2, 0) is 9.59 Å². The van der Waals surface area contributed by atoms with Gasteiger partial charge < -0.3 is 20.5 Å². The fraction of sp³-hybridized carbons (Fsp3) is 0. The molecule has 7 heteroatoms. The second-order valence-corrected chi connectivity index (χ2v) is 0.593. The number of hydrogen-bond donors (Lipinski definition) is 1. The Kier molecular flexibility index (Phi) is 30.5. The fourth-order valence-electron chi connectivity index (χ4n) is 0. The summed E-state index contributed by atoms with van der Waals surface area (Å²) in [6.07, 6.45) is 0. The summed E-state index contributed by atoms with van der Waals surface area (Å²) < 4.78 is 0. The van der Waals surface area contributed by atoms with Crippen molar-refractivity contribution < 1.29 is 106 Å². The van der Waals surface area contributed by atoms with Crippen molar-refractivity contribution in [2.24, 2.45) is 0 Å². The number of carbonyl (C=O) groups is 2. The standard InChI is InChI=1S/C2H2O4.K.Na.H2O/c3-1(4)2(5)6;;;/h(H,3,4)(H,5,6);;;1H2/q;2*+1;/p-2. The third-order valence-electron chi connectivity index (χ3n) is 0.175. The van der Waals surface area contributed by atoms with Crippen molar-refractivity contribution in [1.29, 1.82) is 0 Å². The molecule has 0 unspecified atom stereocenters. The molecule has 0 aliphatic carbocycles. The molecular formula is C2H2KNaO5. The molecule has 9 heavy (non-hydrogen) atoms. The second kappa shape index (κ2) is 12.2. The number of hydrogen-bond acceptors (Lipinski definition) is 4. The van der Waals surface area contributed by atoms with E-state index < -0.39 is 11.9 Å². The summed E-state index contributed by atoms with van der Waals surface area (Å²) in [6.45, 7) is 0. The summed E-state index contributed by atoms with van der Waals surface area (Å²) in [5.41, 5.74) is 0. The first-order valence-corrected chi connectivity index (χ1v) is 1.09. The topological polar surface area (TPSA) is 107 Å². The molecular weight excluding hydrogens is 166 g/mol. The van der Waals surface area contributed by atoms with Crippen LogP contribution in [0.1, 0.15) is 0 Å². The number of aliphatic carboxylic acids is 2. The molecule has 0 aromatic heterocycles. The molecule has 0 aliphatic heterocycles. The molecule has 0 heterocycles. The number of carbonyl (C=O) groups excluding carboxylic acids is 1. The first-order valence-electron chi connectivity index (χ1n) is 1.09. The van der Waals surface area contributed by atoms with Crippen LogP contribution in [0.3, 0.4) is 0 Å². The van der Waals surface area contributed by atoms with Gasteiger partial charge in [-0.25, -0.2) is 4.79 Å². The van der Waals surface area contributed by atoms with E-state index in [0.717, 1.165) is 0 Å². The average molecular weight is 168 g/mol. The van der Waals surface area contributed by atoms with Gasteiger partial charge in [0.15, 0.2) is 5.97 Å². The molecule has 5 nitrogen and oxygen atoms in total. The molecule has 0 saturated carbocycles. The molecule has 0 bridgehead atoms. The van der Waals surface area contributed by atoms with Crippen LogP contribution in [-0.4, -0.2) is 22.5 Å². The van der Waals surface area contributed by atoms with Gasteiger partial charge in [0.25, 0.3) is 0 Å². The summed E-state index contributed by atoms with van der Waals surface area (Å²) in [7, 11) is 0. The molecule has 0 spiro atoms. The van der Waals surface area contributed by atoms with Crippen molar-refractivity contribution in [3.63, 3.8) is 0 Å². The number of carboxylic acid groups (broad SMARTS) is 2. The summed E-state index contributed by atoms with van der Waals surface area (Å²) in [5, 5.41) is 16.3. The summed E-state index contributed by atoms with van der Waals surface area (Å²) in [4.78, 5) is 18.0. The Morgan fingerprint density at radius 2 is 1.44 bits per heavy atom. The molecule has 0 aromatic rings. The Morgan fingerprint density at radius 1 is 1.33 bits per heavy atom. The monoisotopic (exact) mass is 168 g/mol.